The lowest BCUT2D eigenvalue weighted by Crippen LogP contribution is -2.41. The summed E-state index contributed by atoms with van der Waals surface area (Å²) in [5.74, 6) is 0.279. The monoisotopic (exact) mass is 357 g/mol. The summed E-state index contributed by atoms with van der Waals surface area (Å²) < 4.78 is 5.28. The Balaban J connectivity index is 1.78. The highest BCUT2D eigenvalue weighted by atomic mass is 16.6. The van der Waals surface area contributed by atoms with Gasteiger partial charge < -0.3 is 10.1 Å². The van der Waals surface area contributed by atoms with E-state index >= 15 is 0 Å². The van der Waals surface area contributed by atoms with Gasteiger partial charge in [-0.1, -0.05) is 12.8 Å². The van der Waals surface area contributed by atoms with Crippen LogP contribution in [0.4, 0.5) is 5.82 Å². The SMILES string of the molecule is CC(C)(C)OC(=O)/C=C/c1cnc2c(c1)CN1CCCCCC1C(=O)N2. The molecule has 3 rings (SSSR count). The molecule has 0 bridgehead atoms. The molecule has 1 fully saturated rings. The molecule has 2 aliphatic heterocycles. The molecular weight excluding hydrogens is 330 g/mol. The third kappa shape index (κ3) is 4.69. The first-order valence-corrected chi connectivity index (χ1v) is 9.27. The number of carbonyl (C=O) groups excluding carboxylic acids is 2. The average molecular weight is 357 g/mol. The summed E-state index contributed by atoms with van der Waals surface area (Å²) in [5, 5.41) is 2.97. The quantitative estimate of drug-likeness (QED) is 0.650. The Morgan fingerprint density at radius 1 is 1.35 bits per heavy atom. The molecule has 2 aliphatic rings. The first-order chi connectivity index (χ1) is 12.3. The van der Waals surface area contributed by atoms with E-state index in [0.717, 1.165) is 36.9 Å². The standard InChI is InChI=1S/C20H27N3O3/c1-20(2,3)26-17(24)9-8-14-11-15-13-23-10-6-4-5-7-16(23)19(25)22-18(15)21-12-14/h8-9,11-12,16H,4-7,10,13H2,1-3H3,(H,21,22,25)/b9-8+. The van der Waals surface area contributed by atoms with Crippen LogP contribution < -0.4 is 5.32 Å². The average Bonchev–Trinajstić information content (AvgIpc) is 2.84. The van der Waals surface area contributed by atoms with Crippen molar-refractivity contribution in [2.75, 3.05) is 11.9 Å². The fourth-order valence-electron chi connectivity index (χ4n) is 3.43. The van der Waals surface area contributed by atoms with E-state index in [1.165, 1.54) is 12.5 Å². The summed E-state index contributed by atoms with van der Waals surface area (Å²) >= 11 is 0. The number of amides is 1. The second-order valence-electron chi connectivity index (χ2n) is 7.97. The van der Waals surface area contributed by atoms with Gasteiger partial charge in [-0.05, 0) is 57.9 Å². The van der Waals surface area contributed by atoms with Crippen LogP contribution in [-0.4, -0.2) is 39.9 Å². The van der Waals surface area contributed by atoms with Crippen molar-refractivity contribution in [3.63, 3.8) is 0 Å². The number of pyridine rings is 1. The molecule has 0 spiro atoms. The highest BCUT2D eigenvalue weighted by Gasteiger charge is 2.31. The molecule has 0 radical (unpaired) electrons. The molecule has 140 valence electrons. The van der Waals surface area contributed by atoms with Crippen LogP contribution in [0.5, 0.6) is 0 Å². The Kier molecular flexibility index (Phi) is 5.41. The van der Waals surface area contributed by atoms with E-state index in [0.29, 0.717) is 12.4 Å². The van der Waals surface area contributed by atoms with Crippen LogP contribution >= 0.6 is 0 Å². The number of esters is 1. The van der Waals surface area contributed by atoms with Crippen LogP contribution in [0.3, 0.4) is 0 Å². The Morgan fingerprint density at radius 3 is 2.92 bits per heavy atom. The molecule has 1 amide bonds. The number of ether oxygens (including phenoxy) is 1. The van der Waals surface area contributed by atoms with E-state index in [2.05, 4.69) is 15.2 Å². The topological polar surface area (TPSA) is 71.5 Å². The molecule has 0 aromatic carbocycles. The van der Waals surface area contributed by atoms with Gasteiger partial charge in [0.2, 0.25) is 5.91 Å². The van der Waals surface area contributed by atoms with Crippen LogP contribution in [0.2, 0.25) is 0 Å². The van der Waals surface area contributed by atoms with Crippen molar-refractivity contribution < 1.29 is 14.3 Å². The summed E-state index contributed by atoms with van der Waals surface area (Å²) in [5.41, 5.74) is 1.28. The van der Waals surface area contributed by atoms with Gasteiger partial charge in [0.25, 0.3) is 0 Å². The molecule has 1 aromatic heterocycles. The van der Waals surface area contributed by atoms with Crippen molar-refractivity contribution in [3.8, 4) is 0 Å². The minimum atomic E-state index is -0.514. The van der Waals surface area contributed by atoms with Gasteiger partial charge in [-0.25, -0.2) is 9.78 Å². The number of carbonyl (C=O) groups is 2. The lowest BCUT2D eigenvalue weighted by Gasteiger charge is -2.25. The van der Waals surface area contributed by atoms with Crippen LogP contribution in [0.1, 0.15) is 57.6 Å². The summed E-state index contributed by atoms with van der Waals surface area (Å²) in [6.45, 7) is 7.13. The molecule has 1 N–H and O–H groups in total. The van der Waals surface area contributed by atoms with Gasteiger partial charge in [-0.2, -0.15) is 0 Å². The lowest BCUT2D eigenvalue weighted by molar-refractivity contribution is -0.148. The molecule has 26 heavy (non-hydrogen) atoms. The number of anilines is 1. The summed E-state index contributed by atoms with van der Waals surface area (Å²) in [6.07, 6.45) is 9.05. The largest absolute Gasteiger partial charge is 0.457 e. The van der Waals surface area contributed by atoms with Gasteiger partial charge in [0.1, 0.15) is 11.4 Å². The summed E-state index contributed by atoms with van der Waals surface area (Å²) in [4.78, 5) is 31.0. The van der Waals surface area contributed by atoms with Gasteiger partial charge >= 0.3 is 5.97 Å². The van der Waals surface area contributed by atoms with Crippen molar-refractivity contribution in [3.05, 3.63) is 29.5 Å². The molecule has 1 atom stereocenters. The predicted molar refractivity (Wildman–Crippen MR) is 100 cm³/mol. The highest BCUT2D eigenvalue weighted by Crippen LogP contribution is 2.27. The molecule has 6 nitrogen and oxygen atoms in total. The van der Waals surface area contributed by atoms with Crippen molar-refractivity contribution in [2.24, 2.45) is 0 Å². The van der Waals surface area contributed by atoms with Gasteiger partial charge in [0.15, 0.2) is 0 Å². The van der Waals surface area contributed by atoms with Crippen molar-refractivity contribution in [1.82, 2.24) is 9.88 Å². The third-order valence-electron chi connectivity index (χ3n) is 4.59. The molecular formula is C20H27N3O3. The second kappa shape index (κ2) is 7.58. The molecule has 1 aromatic rings. The van der Waals surface area contributed by atoms with E-state index in [4.69, 9.17) is 4.74 Å². The zero-order chi connectivity index (χ0) is 18.7. The Morgan fingerprint density at radius 2 is 2.15 bits per heavy atom. The van der Waals surface area contributed by atoms with Gasteiger partial charge in [-0.15, -0.1) is 0 Å². The van der Waals surface area contributed by atoms with Crippen LogP contribution in [0.15, 0.2) is 18.3 Å². The number of aromatic nitrogens is 1. The number of nitrogens with one attached hydrogen (secondary N) is 1. The highest BCUT2D eigenvalue weighted by molar-refractivity contribution is 5.95. The maximum absolute atomic E-state index is 12.5. The number of fused-ring (bicyclic) bond motifs is 2. The Bertz CT molecular complexity index is 722. The van der Waals surface area contributed by atoms with Crippen LogP contribution in [-0.2, 0) is 20.9 Å². The summed E-state index contributed by atoms with van der Waals surface area (Å²) in [7, 11) is 0. The molecule has 0 saturated carbocycles. The van der Waals surface area contributed by atoms with Gasteiger partial charge in [-0.3, -0.25) is 9.69 Å². The molecule has 0 aliphatic carbocycles. The number of nitrogens with zero attached hydrogens (tertiary/aromatic N) is 2. The number of hydrogen-bond donors (Lipinski definition) is 1. The van der Waals surface area contributed by atoms with Crippen molar-refractivity contribution in [2.45, 2.75) is 64.6 Å². The molecule has 1 saturated heterocycles. The van der Waals surface area contributed by atoms with Crippen molar-refractivity contribution >= 4 is 23.8 Å². The van der Waals surface area contributed by atoms with Gasteiger partial charge in [0, 0.05) is 24.4 Å². The molecule has 1 unspecified atom stereocenters. The van der Waals surface area contributed by atoms with Crippen LogP contribution in [0, 0.1) is 0 Å². The van der Waals surface area contributed by atoms with E-state index in [1.807, 2.05) is 26.8 Å². The lowest BCUT2D eigenvalue weighted by atomic mass is 10.1. The minimum Gasteiger partial charge on any atom is -0.457 e. The molecule has 6 heteroatoms. The molecule has 3 heterocycles. The Labute approximate surface area is 154 Å². The summed E-state index contributed by atoms with van der Waals surface area (Å²) in [6, 6.07) is 1.91. The van der Waals surface area contributed by atoms with E-state index in [-0.39, 0.29) is 17.9 Å². The second-order valence-corrected chi connectivity index (χ2v) is 7.97. The van der Waals surface area contributed by atoms with E-state index < -0.39 is 5.60 Å². The minimum absolute atomic E-state index is 0.0372. The first-order valence-electron chi connectivity index (χ1n) is 9.27. The number of hydrogen-bond acceptors (Lipinski definition) is 5. The maximum Gasteiger partial charge on any atom is 0.331 e. The van der Waals surface area contributed by atoms with Gasteiger partial charge in [0.05, 0.1) is 6.04 Å². The Hall–Kier alpha value is -2.21. The zero-order valence-electron chi connectivity index (χ0n) is 15.7. The predicted octanol–water partition coefficient (Wildman–Crippen LogP) is 3.13. The normalized spacial score (nSPS) is 21.3. The zero-order valence-corrected chi connectivity index (χ0v) is 15.7. The fourth-order valence-corrected chi connectivity index (χ4v) is 3.43. The smallest absolute Gasteiger partial charge is 0.331 e. The van der Waals surface area contributed by atoms with E-state index in [1.54, 1.807) is 12.3 Å². The third-order valence-corrected chi connectivity index (χ3v) is 4.59. The van der Waals surface area contributed by atoms with E-state index in [9.17, 15) is 9.59 Å². The maximum atomic E-state index is 12.5. The first kappa shape index (κ1) is 18.6. The fraction of sp³-hybridized carbons (Fsp3) is 0.550. The number of rotatable bonds is 2. The van der Waals surface area contributed by atoms with Crippen molar-refractivity contribution in [1.29, 1.82) is 0 Å². The van der Waals surface area contributed by atoms with Crippen LogP contribution in [0.25, 0.3) is 6.08 Å².